The second-order valence-electron chi connectivity index (χ2n) is 3.48. The van der Waals surface area contributed by atoms with Crippen molar-refractivity contribution in [2.75, 3.05) is 0 Å². The van der Waals surface area contributed by atoms with Gasteiger partial charge in [0.1, 0.15) is 0 Å². The number of halogens is 2. The van der Waals surface area contributed by atoms with E-state index in [1.807, 2.05) is 0 Å². The molecule has 0 unspecified atom stereocenters. The molecule has 0 radical (unpaired) electrons. The summed E-state index contributed by atoms with van der Waals surface area (Å²) in [5.41, 5.74) is -1.04. The number of carboxylic acid groups (broad SMARTS) is 1. The molecule has 2 aliphatic rings. The zero-order valence-electron chi connectivity index (χ0n) is 5.81. The van der Waals surface area contributed by atoms with Crippen molar-refractivity contribution in [1.29, 1.82) is 0 Å². The van der Waals surface area contributed by atoms with Gasteiger partial charge in [-0.2, -0.15) is 0 Å². The molecule has 2 aliphatic carbocycles. The van der Waals surface area contributed by atoms with E-state index in [2.05, 4.69) is 0 Å². The van der Waals surface area contributed by atoms with Crippen LogP contribution in [0.15, 0.2) is 0 Å². The van der Waals surface area contributed by atoms with Gasteiger partial charge in [-0.05, 0) is 12.8 Å². The van der Waals surface area contributed by atoms with Crippen LogP contribution in [0.3, 0.4) is 0 Å². The SMILES string of the molecule is O=C(O)[C@@]12CCC(F)(F)[C@@H]1C2. The standard InChI is InChI=1S/C7H8F2O2/c8-7(9)2-1-6(5(10)11)3-4(6)7/h4H,1-3H2,(H,10,11)/t4-,6-/m1/s1. The first-order valence-corrected chi connectivity index (χ1v) is 3.60. The van der Waals surface area contributed by atoms with Crippen molar-refractivity contribution in [3.05, 3.63) is 0 Å². The molecule has 2 fully saturated rings. The smallest absolute Gasteiger partial charge is 0.310 e. The number of aliphatic carboxylic acids is 1. The molecule has 0 saturated heterocycles. The second kappa shape index (κ2) is 1.57. The highest BCUT2D eigenvalue weighted by atomic mass is 19.3. The van der Waals surface area contributed by atoms with Gasteiger partial charge in [0.25, 0.3) is 5.92 Å². The first-order valence-electron chi connectivity index (χ1n) is 3.60. The molecule has 2 nitrogen and oxygen atoms in total. The van der Waals surface area contributed by atoms with Crippen LogP contribution in [-0.2, 0) is 4.79 Å². The van der Waals surface area contributed by atoms with Crippen molar-refractivity contribution in [1.82, 2.24) is 0 Å². The van der Waals surface area contributed by atoms with E-state index in [0.29, 0.717) is 0 Å². The average molecular weight is 162 g/mol. The van der Waals surface area contributed by atoms with Gasteiger partial charge in [0.15, 0.2) is 0 Å². The summed E-state index contributed by atoms with van der Waals surface area (Å²) in [6.07, 6.45) is 0.0826. The third-order valence-corrected chi connectivity index (χ3v) is 2.92. The molecular formula is C7H8F2O2. The minimum Gasteiger partial charge on any atom is -0.481 e. The molecule has 2 atom stereocenters. The van der Waals surface area contributed by atoms with Crippen molar-refractivity contribution in [2.24, 2.45) is 11.3 Å². The Morgan fingerprint density at radius 1 is 1.45 bits per heavy atom. The second-order valence-corrected chi connectivity index (χ2v) is 3.48. The molecule has 1 N–H and O–H groups in total. The molecule has 4 heteroatoms. The highest BCUT2D eigenvalue weighted by Gasteiger charge is 2.74. The summed E-state index contributed by atoms with van der Waals surface area (Å²) in [5.74, 6) is -4.62. The number of hydrogen-bond donors (Lipinski definition) is 1. The van der Waals surface area contributed by atoms with Gasteiger partial charge in [0.2, 0.25) is 0 Å². The van der Waals surface area contributed by atoms with Crippen LogP contribution in [0, 0.1) is 11.3 Å². The fourth-order valence-corrected chi connectivity index (χ4v) is 2.04. The predicted octanol–water partition coefficient (Wildman–Crippen LogP) is 1.51. The van der Waals surface area contributed by atoms with Crippen LogP contribution in [0.5, 0.6) is 0 Å². The predicted molar refractivity (Wildman–Crippen MR) is 32.4 cm³/mol. The fraction of sp³-hybridized carbons (Fsp3) is 0.857. The van der Waals surface area contributed by atoms with Gasteiger partial charge in [0.05, 0.1) is 5.41 Å². The number of carboxylic acids is 1. The minimum atomic E-state index is -2.71. The Morgan fingerprint density at radius 3 is 2.27 bits per heavy atom. The normalized spacial score (nSPS) is 45.1. The summed E-state index contributed by atoms with van der Waals surface area (Å²) in [7, 11) is 0. The number of carbonyl (C=O) groups is 1. The third-order valence-electron chi connectivity index (χ3n) is 2.92. The molecule has 0 spiro atoms. The van der Waals surface area contributed by atoms with Crippen LogP contribution in [0.4, 0.5) is 8.78 Å². The minimum absolute atomic E-state index is 0.153. The Balaban J connectivity index is 2.23. The Morgan fingerprint density at radius 2 is 2.09 bits per heavy atom. The highest BCUT2D eigenvalue weighted by Crippen LogP contribution is 2.69. The molecule has 2 saturated carbocycles. The van der Waals surface area contributed by atoms with E-state index in [4.69, 9.17) is 5.11 Å². The summed E-state index contributed by atoms with van der Waals surface area (Å²) in [5, 5.41) is 8.61. The van der Waals surface area contributed by atoms with E-state index in [-0.39, 0.29) is 19.3 Å². The van der Waals surface area contributed by atoms with Crippen LogP contribution in [-0.4, -0.2) is 17.0 Å². The van der Waals surface area contributed by atoms with Crippen molar-refractivity contribution in [3.8, 4) is 0 Å². The van der Waals surface area contributed by atoms with Gasteiger partial charge >= 0.3 is 5.97 Å². The van der Waals surface area contributed by atoms with Crippen molar-refractivity contribution in [2.45, 2.75) is 25.2 Å². The molecule has 0 aromatic rings. The average Bonchev–Trinajstić information content (AvgIpc) is 2.54. The summed E-state index contributed by atoms with van der Waals surface area (Å²) < 4.78 is 25.4. The Kier molecular flexibility index (Phi) is 0.997. The summed E-state index contributed by atoms with van der Waals surface area (Å²) >= 11 is 0. The molecule has 2 rings (SSSR count). The van der Waals surface area contributed by atoms with Crippen molar-refractivity contribution in [3.63, 3.8) is 0 Å². The van der Waals surface area contributed by atoms with Crippen LogP contribution < -0.4 is 0 Å². The third kappa shape index (κ3) is 0.671. The fourth-order valence-electron chi connectivity index (χ4n) is 2.04. The van der Waals surface area contributed by atoms with Gasteiger partial charge in [-0.3, -0.25) is 4.79 Å². The lowest BCUT2D eigenvalue weighted by Crippen LogP contribution is -2.17. The van der Waals surface area contributed by atoms with E-state index >= 15 is 0 Å². The van der Waals surface area contributed by atoms with Crippen molar-refractivity contribution >= 4 is 5.97 Å². The summed E-state index contributed by atoms with van der Waals surface area (Å²) in [6, 6.07) is 0. The maximum Gasteiger partial charge on any atom is 0.310 e. The Hall–Kier alpha value is -0.670. The zero-order valence-corrected chi connectivity index (χ0v) is 5.81. The highest BCUT2D eigenvalue weighted by molar-refractivity contribution is 5.79. The first kappa shape index (κ1) is 7.00. The lowest BCUT2D eigenvalue weighted by Gasteiger charge is -2.07. The molecule has 0 aromatic carbocycles. The largest absolute Gasteiger partial charge is 0.481 e. The van der Waals surface area contributed by atoms with E-state index in [1.54, 1.807) is 0 Å². The van der Waals surface area contributed by atoms with Gasteiger partial charge in [-0.1, -0.05) is 0 Å². The molecule has 0 aliphatic heterocycles. The maximum atomic E-state index is 12.7. The maximum absolute atomic E-state index is 12.7. The van der Waals surface area contributed by atoms with E-state index in [0.717, 1.165) is 0 Å². The molecule has 0 heterocycles. The molecule has 11 heavy (non-hydrogen) atoms. The number of fused-ring (bicyclic) bond motifs is 1. The summed E-state index contributed by atoms with van der Waals surface area (Å²) in [6.45, 7) is 0. The monoisotopic (exact) mass is 162 g/mol. The van der Waals surface area contributed by atoms with Crippen LogP contribution in [0.2, 0.25) is 0 Å². The van der Waals surface area contributed by atoms with Gasteiger partial charge < -0.3 is 5.11 Å². The number of alkyl halides is 2. The summed E-state index contributed by atoms with van der Waals surface area (Å²) in [4.78, 5) is 10.5. The van der Waals surface area contributed by atoms with E-state index in [1.165, 1.54) is 0 Å². The molecule has 0 amide bonds. The number of rotatable bonds is 1. The quantitative estimate of drug-likeness (QED) is 0.634. The van der Waals surface area contributed by atoms with E-state index < -0.39 is 23.2 Å². The van der Waals surface area contributed by atoms with Gasteiger partial charge in [0, 0.05) is 12.3 Å². The molecule has 0 bridgehead atoms. The molecule has 62 valence electrons. The topological polar surface area (TPSA) is 37.3 Å². The first-order chi connectivity index (χ1) is 4.99. The van der Waals surface area contributed by atoms with Crippen LogP contribution in [0.1, 0.15) is 19.3 Å². The molecule has 0 aromatic heterocycles. The number of hydrogen-bond acceptors (Lipinski definition) is 1. The van der Waals surface area contributed by atoms with Crippen LogP contribution in [0.25, 0.3) is 0 Å². The zero-order chi connectivity index (χ0) is 8.28. The van der Waals surface area contributed by atoms with Gasteiger partial charge in [-0.25, -0.2) is 8.78 Å². The van der Waals surface area contributed by atoms with E-state index in [9.17, 15) is 13.6 Å². The Bertz CT molecular complexity index is 226. The van der Waals surface area contributed by atoms with Crippen molar-refractivity contribution < 1.29 is 18.7 Å². The Labute approximate surface area is 62.2 Å². The lowest BCUT2D eigenvalue weighted by atomic mass is 10.1. The lowest BCUT2D eigenvalue weighted by molar-refractivity contribution is -0.144. The van der Waals surface area contributed by atoms with Gasteiger partial charge in [-0.15, -0.1) is 0 Å². The van der Waals surface area contributed by atoms with Crippen LogP contribution >= 0.6 is 0 Å². The molecular weight excluding hydrogens is 154 g/mol.